The molecule has 2 aliphatic rings. The number of rotatable bonds is 8. The molecule has 1 heterocycles. The number of likely N-dealkylation sites (N-methyl/N-ethyl adjacent to an activating group) is 1. The van der Waals surface area contributed by atoms with Crippen LogP contribution in [0.5, 0.6) is 0 Å². The molecule has 0 radical (unpaired) electrons. The Balaban J connectivity index is 2.05. The number of nitrogens with one attached hydrogen (secondary N) is 1. The van der Waals surface area contributed by atoms with Crippen molar-refractivity contribution in [3.8, 4) is 0 Å². The van der Waals surface area contributed by atoms with Crippen LogP contribution in [0.1, 0.15) is 39.5 Å². The van der Waals surface area contributed by atoms with E-state index in [1.165, 1.54) is 0 Å². The van der Waals surface area contributed by atoms with E-state index < -0.39 is 5.54 Å². The Kier molecular flexibility index (Phi) is 5.63. The first-order valence-corrected chi connectivity index (χ1v) is 8.51. The van der Waals surface area contributed by atoms with Crippen LogP contribution in [0.4, 0.5) is 0 Å². The summed E-state index contributed by atoms with van der Waals surface area (Å²) in [6.45, 7) is 9.16. The van der Waals surface area contributed by atoms with Crippen molar-refractivity contribution >= 4 is 5.91 Å². The number of piperazine rings is 1. The van der Waals surface area contributed by atoms with Gasteiger partial charge in [0.05, 0.1) is 0 Å². The smallest absolute Gasteiger partial charge is 0.239 e. The normalized spacial score (nSPS) is 27.5. The molecule has 122 valence electrons. The molecule has 2 fully saturated rings. The third-order valence-corrected chi connectivity index (χ3v) is 5.21. The number of carbonyl (C=O) groups excluding carboxylic acids is 1. The number of primary amides is 1. The molecule has 0 aromatic heterocycles. The van der Waals surface area contributed by atoms with E-state index in [0.717, 1.165) is 58.4 Å². The van der Waals surface area contributed by atoms with E-state index in [1.54, 1.807) is 0 Å². The first-order chi connectivity index (χ1) is 10.0. The van der Waals surface area contributed by atoms with Crippen LogP contribution in [0.25, 0.3) is 0 Å². The summed E-state index contributed by atoms with van der Waals surface area (Å²) in [7, 11) is 2.20. The van der Waals surface area contributed by atoms with E-state index >= 15 is 0 Å². The van der Waals surface area contributed by atoms with Crippen molar-refractivity contribution in [3.63, 3.8) is 0 Å². The molecule has 1 aliphatic heterocycles. The van der Waals surface area contributed by atoms with E-state index in [0.29, 0.717) is 12.0 Å². The van der Waals surface area contributed by atoms with E-state index in [2.05, 4.69) is 36.0 Å². The van der Waals surface area contributed by atoms with E-state index in [9.17, 15) is 4.79 Å². The molecule has 2 rings (SSSR count). The highest BCUT2D eigenvalue weighted by atomic mass is 16.1. The number of hydrogen-bond donors (Lipinski definition) is 2. The van der Waals surface area contributed by atoms with Crippen molar-refractivity contribution in [1.82, 2.24) is 15.1 Å². The lowest BCUT2D eigenvalue weighted by Gasteiger charge is -2.43. The molecule has 1 amide bonds. The topological polar surface area (TPSA) is 61.6 Å². The standard InChI is InChI=1S/C16H32N4O/c1-4-8-18-16(15(17)21,13-6-7-13)12-20-10-9-19(3)14(5-2)11-20/h13-14,18H,4-12H2,1-3H3,(H2,17,21). The summed E-state index contributed by atoms with van der Waals surface area (Å²) < 4.78 is 0. The quantitative estimate of drug-likeness (QED) is 0.690. The van der Waals surface area contributed by atoms with Crippen molar-refractivity contribution in [2.75, 3.05) is 39.8 Å². The second-order valence-electron chi connectivity index (χ2n) is 6.81. The van der Waals surface area contributed by atoms with Crippen molar-refractivity contribution in [2.45, 2.75) is 51.1 Å². The first kappa shape index (κ1) is 16.7. The van der Waals surface area contributed by atoms with Crippen molar-refractivity contribution in [1.29, 1.82) is 0 Å². The van der Waals surface area contributed by atoms with Gasteiger partial charge in [-0.25, -0.2) is 0 Å². The number of nitrogens with zero attached hydrogens (tertiary/aromatic N) is 2. The molecule has 0 aromatic rings. The monoisotopic (exact) mass is 296 g/mol. The molecule has 2 unspecified atom stereocenters. The fourth-order valence-electron chi connectivity index (χ4n) is 3.57. The lowest BCUT2D eigenvalue weighted by Crippen LogP contribution is -2.65. The van der Waals surface area contributed by atoms with Crippen LogP contribution in [-0.4, -0.2) is 67.1 Å². The van der Waals surface area contributed by atoms with Gasteiger partial charge in [0.25, 0.3) is 0 Å². The highest BCUT2D eigenvalue weighted by molar-refractivity contribution is 5.86. The lowest BCUT2D eigenvalue weighted by atomic mass is 9.90. The number of carbonyl (C=O) groups is 1. The van der Waals surface area contributed by atoms with Crippen LogP contribution < -0.4 is 11.1 Å². The van der Waals surface area contributed by atoms with Gasteiger partial charge in [-0.05, 0) is 45.2 Å². The zero-order chi connectivity index (χ0) is 15.5. The number of amides is 1. The second kappa shape index (κ2) is 7.07. The van der Waals surface area contributed by atoms with Crippen LogP contribution in [0.3, 0.4) is 0 Å². The van der Waals surface area contributed by atoms with Gasteiger partial charge in [-0.2, -0.15) is 0 Å². The van der Waals surface area contributed by atoms with Gasteiger partial charge in [-0.15, -0.1) is 0 Å². The van der Waals surface area contributed by atoms with Gasteiger partial charge >= 0.3 is 0 Å². The van der Waals surface area contributed by atoms with Crippen LogP contribution in [-0.2, 0) is 4.79 Å². The average Bonchev–Trinajstić information content (AvgIpc) is 3.30. The van der Waals surface area contributed by atoms with Gasteiger partial charge < -0.3 is 16.0 Å². The summed E-state index contributed by atoms with van der Waals surface area (Å²) in [5.74, 6) is 0.270. The van der Waals surface area contributed by atoms with Gasteiger partial charge in [0.2, 0.25) is 5.91 Å². The maximum absolute atomic E-state index is 12.2. The van der Waals surface area contributed by atoms with Crippen molar-refractivity contribution in [3.05, 3.63) is 0 Å². The van der Waals surface area contributed by atoms with Gasteiger partial charge in [-0.3, -0.25) is 9.69 Å². The summed E-state index contributed by atoms with van der Waals surface area (Å²) in [6.07, 6.45) is 4.44. The van der Waals surface area contributed by atoms with Crippen molar-refractivity contribution < 1.29 is 4.79 Å². The molecule has 0 spiro atoms. The predicted octanol–water partition coefficient (Wildman–Crippen LogP) is 0.646. The Morgan fingerprint density at radius 2 is 2.05 bits per heavy atom. The average molecular weight is 296 g/mol. The number of hydrogen-bond acceptors (Lipinski definition) is 4. The Bertz CT molecular complexity index is 358. The minimum Gasteiger partial charge on any atom is -0.368 e. The zero-order valence-corrected chi connectivity index (χ0v) is 13.9. The molecule has 1 aliphatic carbocycles. The second-order valence-corrected chi connectivity index (χ2v) is 6.81. The third-order valence-electron chi connectivity index (χ3n) is 5.21. The van der Waals surface area contributed by atoms with Crippen LogP contribution >= 0.6 is 0 Å². The summed E-state index contributed by atoms with van der Waals surface area (Å²) in [4.78, 5) is 17.1. The molecule has 1 saturated carbocycles. The highest BCUT2D eigenvalue weighted by Crippen LogP contribution is 2.40. The lowest BCUT2D eigenvalue weighted by molar-refractivity contribution is -0.126. The van der Waals surface area contributed by atoms with Gasteiger partial charge in [0.1, 0.15) is 5.54 Å². The summed E-state index contributed by atoms with van der Waals surface area (Å²) in [5, 5.41) is 3.51. The molecule has 0 aromatic carbocycles. The van der Waals surface area contributed by atoms with Crippen LogP contribution in [0.15, 0.2) is 0 Å². The van der Waals surface area contributed by atoms with Gasteiger partial charge in [0, 0.05) is 32.2 Å². The molecular weight excluding hydrogens is 264 g/mol. The fourth-order valence-corrected chi connectivity index (χ4v) is 3.57. The zero-order valence-electron chi connectivity index (χ0n) is 13.9. The Hall–Kier alpha value is -0.650. The summed E-state index contributed by atoms with van der Waals surface area (Å²) in [5.41, 5.74) is 5.32. The maximum atomic E-state index is 12.2. The largest absolute Gasteiger partial charge is 0.368 e. The fraction of sp³-hybridized carbons (Fsp3) is 0.938. The van der Waals surface area contributed by atoms with E-state index in [4.69, 9.17) is 5.73 Å². The Morgan fingerprint density at radius 1 is 1.33 bits per heavy atom. The first-order valence-electron chi connectivity index (χ1n) is 8.51. The molecule has 5 heteroatoms. The molecule has 0 bridgehead atoms. The van der Waals surface area contributed by atoms with Crippen LogP contribution in [0.2, 0.25) is 0 Å². The maximum Gasteiger partial charge on any atom is 0.239 e. The number of nitrogens with two attached hydrogens (primary N) is 1. The van der Waals surface area contributed by atoms with Crippen molar-refractivity contribution in [2.24, 2.45) is 11.7 Å². The molecule has 5 nitrogen and oxygen atoms in total. The molecular formula is C16H32N4O. The van der Waals surface area contributed by atoms with E-state index in [1.807, 2.05) is 0 Å². The minimum atomic E-state index is -0.510. The highest BCUT2D eigenvalue weighted by Gasteiger charge is 2.50. The molecule has 2 atom stereocenters. The van der Waals surface area contributed by atoms with Crippen LogP contribution in [0, 0.1) is 5.92 Å². The van der Waals surface area contributed by atoms with Gasteiger partial charge in [-0.1, -0.05) is 13.8 Å². The molecule has 3 N–H and O–H groups in total. The Labute approximate surface area is 129 Å². The van der Waals surface area contributed by atoms with Gasteiger partial charge in [0.15, 0.2) is 0 Å². The summed E-state index contributed by atoms with van der Waals surface area (Å²) in [6, 6.07) is 0.592. The SMILES string of the molecule is CCCNC(CN1CCN(C)C(CC)C1)(C(N)=O)C1CC1. The molecule has 1 saturated heterocycles. The summed E-state index contributed by atoms with van der Waals surface area (Å²) >= 11 is 0. The predicted molar refractivity (Wildman–Crippen MR) is 86.1 cm³/mol. The Morgan fingerprint density at radius 3 is 2.57 bits per heavy atom. The van der Waals surface area contributed by atoms with E-state index in [-0.39, 0.29) is 5.91 Å². The third kappa shape index (κ3) is 3.76. The molecule has 21 heavy (non-hydrogen) atoms. The minimum absolute atomic E-state index is 0.162.